The van der Waals surface area contributed by atoms with Crippen LogP contribution in [0.25, 0.3) is 16.5 Å². The van der Waals surface area contributed by atoms with Gasteiger partial charge in [0, 0.05) is 23.4 Å². The van der Waals surface area contributed by atoms with Gasteiger partial charge in [0.1, 0.15) is 11.5 Å². The quantitative estimate of drug-likeness (QED) is 0.845. The first kappa shape index (κ1) is 18.3. The summed E-state index contributed by atoms with van der Waals surface area (Å²) < 4.78 is 11.4. The molecule has 0 aliphatic carbocycles. The molecular weight excluding hydrogens is 340 g/mol. The summed E-state index contributed by atoms with van der Waals surface area (Å²) in [6.45, 7) is 1.91. The van der Waals surface area contributed by atoms with E-state index in [0.29, 0.717) is 12.5 Å². The number of fused-ring (bicyclic) bond motifs is 3. The van der Waals surface area contributed by atoms with Crippen molar-refractivity contribution in [2.24, 2.45) is 5.92 Å². The van der Waals surface area contributed by atoms with E-state index in [0.717, 1.165) is 54.6 Å². The molecule has 0 spiro atoms. The molecule has 27 heavy (non-hydrogen) atoms. The van der Waals surface area contributed by atoms with Gasteiger partial charge in [-0.3, -0.25) is 4.98 Å². The Hall–Kier alpha value is -2.11. The van der Waals surface area contributed by atoms with Crippen LogP contribution in [0.3, 0.4) is 0 Å². The van der Waals surface area contributed by atoms with Gasteiger partial charge in [-0.1, -0.05) is 6.08 Å². The van der Waals surface area contributed by atoms with Gasteiger partial charge in [-0.2, -0.15) is 0 Å². The van der Waals surface area contributed by atoms with Crippen LogP contribution in [0.15, 0.2) is 30.5 Å². The number of aliphatic hydroxyl groups excluding tert-OH is 1. The summed E-state index contributed by atoms with van der Waals surface area (Å²) in [7, 11) is 1.69. The van der Waals surface area contributed by atoms with Gasteiger partial charge in [-0.25, -0.2) is 0 Å². The van der Waals surface area contributed by atoms with Crippen LogP contribution >= 0.6 is 0 Å². The minimum Gasteiger partial charge on any atom is -0.497 e. The third kappa shape index (κ3) is 3.94. The molecule has 5 heteroatoms. The zero-order valence-corrected chi connectivity index (χ0v) is 15.9. The molecule has 2 N–H and O–H groups in total. The van der Waals surface area contributed by atoms with E-state index in [9.17, 15) is 5.11 Å². The summed E-state index contributed by atoms with van der Waals surface area (Å²) in [6.07, 6.45) is 9.49. The average Bonchev–Trinajstić information content (AvgIpc) is 2.94. The third-order valence-electron chi connectivity index (χ3n) is 5.77. The maximum Gasteiger partial charge on any atom is 0.145 e. The molecule has 2 atom stereocenters. The van der Waals surface area contributed by atoms with Crippen LogP contribution in [0, 0.1) is 5.92 Å². The Balaban J connectivity index is 1.62. The summed E-state index contributed by atoms with van der Waals surface area (Å²) in [5.74, 6) is 2.36. The Kier molecular flexibility index (Phi) is 5.60. The highest BCUT2D eigenvalue weighted by atomic mass is 16.5. The molecule has 0 bridgehead atoms. The monoisotopic (exact) mass is 368 g/mol. The average molecular weight is 368 g/mol. The predicted molar refractivity (Wildman–Crippen MR) is 107 cm³/mol. The molecule has 4 rings (SSSR count). The van der Waals surface area contributed by atoms with Crippen LogP contribution in [-0.2, 0) is 0 Å². The Labute approximate surface area is 160 Å². The Bertz CT molecular complexity index is 834. The van der Waals surface area contributed by atoms with Gasteiger partial charge in [-0.05, 0) is 61.9 Å². The van der Waals surface area contributed by atoms with E-state index < -0.39 is 0 Å². The number of piperidine rings is 1. The van der Waals surface area contributed by atoms with Gasteiger partial charge in [0.25, 0.3) is 0 Å². The number of methoxy groups -OCH3 is 1. The molecule has 0 unspecified atom stereocenters. The van der Waals surface area contributed by atoms with Crippen molar-refractivity contribution < 1.29 is 14.6 Å². The van der Waals surface area contributed by atoms with Gasteiger partial charge in [0.15, 0.2) is 0 Å². The predicted octanol–water partition coefficient (Wildman–Crippen LogP) is 3.55. The lowest BCUT2D eigenvalue weighted by atomic mass is 9.86. The number of pyridine rings is 1. The van der Waals surface area contributed by atoms with E-state index in [2.05, 4.69) is 22.4 Å². The van der Waals surface area contributed by atoms with E-state index in [1.54, 1.807) is 7.11 Å². The molecular formula is C22H28N2O3. The SMILES string of the molecule is COc1ccc2ncc3c(c2c1)C(CC[C@H]1CCN[C@H](CO)C1)=CCCO3. The molecule has 5 nitrogen and oxygen atoms in total. The van der Waals surface area contributed by atoms with Gasteiger partial charge in [-0.15, -0.1) is 0 Å². The van der Waals surface area contributed by atoms with Crippen molar-refractivity contribution in [3.05, 3.63) is 36.0 Å². The van der Waals surface area contributed by atoms with Gasteiger partial charge in [0.2, 0.25) is 0 Å². The van der Waals surface area contributed by atoms with E-state index in [4.69, 9.17) is 9.47 Å². The fraction of sp³-hybridized carbons (Fsp3) is 0.500. The number of aromatic nitrogens is 1. The van der Waals surface area contributed by atoms with Crippen molar-refractivity contribution >= 4 is 16.5 Å². The highest BCUT2D eigenvalue weighted by Gasteiger charge is 2.23. The van der Waals surface area contributed by atoms with Gasteiger partial charge >= 0.3 is 0 Å². The topological polar surface area (TPSA) is 63.6 Å². The number of nitrogens with zero attached hydrogens (tertiary/aromatic N) is 1. The third-order valence-corrected chi connectivity index (χ3v) is 5.77. The first-order chi connectivity index (χ1) is 13.3. The van der Waals surface area contributed by atoms with Gasteiger partial charge in [0.05, 0.1) is 32.0 Å². The molecule has 3 heterocycles. The molecule has 1 aromatic carbocycles. The first-order valence-corrected chi connectivity index (χ1v) is 9.91. The van der Waals surface area contributed by atoms with Crippen LogP contribution in [0.4, 0.5) is 0 Å². The molecule has 144 valence electrons. The highest BCUT2D eigenvalue weighted by Crippen LogP contribution is 2.39. The Morgan fingerprint density at radius 2 is 2.30 bits per heavy atom. The fourth-order valence-corrected chi connectivity index (χ4v) is 4.31. The largest absolute Gasteiger partial charge is 0.497 e. The maximum absolute atomic E-state index is 9.45. The normalized spacial score (nSPS) is 22.5. The number of benzene rings is 1. The molecule has 1 aromatic heterocycles. The smallest absolute Gasteiger partial charge is 0.145 e. The highest BCUT2D eigenvalue weighted by molar-refractivity contribution is 5.95. The number of nitrogens with one attached hydrogen (secondary N) is 1. The molecule has 2 aliphatic rings. The molecule has 1 fully saturated rings. The molecule has 0 amide bonds. The summed E-state index contributed by atoms with van der Waals surface area (Å²) in [4.78, 5) is 4.57. The van der Waals surface area contributed by atoms with Crippen LogP contribution in [0.5, 0.6) is 11.5 Å². The second-order valence-corrected chi connectivity index (χ2v) is 7.51. The van der Waals surface area contributed by atoms with Crippen LogP contribution < -0.4 is 14.8 Å². The molecule has 0 saturated carbocycles. The Morgan fingerprint density at radius 1 is 1.37 bits per heavy atom. The van der Waals surface area contributed by atoms with Crippen LogP contribution in [0.2, 0.25) is 0 Å². The van der Waals surface area contributed by atoms with E-state index in [1.807, 2.05) is 18.3 Å². The number of ether oxygens (including phenoxy) is 2. The first-order valence-electron chi connectivity index (χ1n) is 9.91. The van der Waals surface area contributed by atoms with E-state index in [1.165, 1.54) is 17.6 Å². The number of hydrogen-bond acceptors (Lipinski definition) is 5. The molecule has 2 aliphatic heterocycles. The lowest BCUT2D eigenvalue weighted by molar-refractivity contribution is 0.189. The zero-order chi connectivity index (χ0) is 18.6. The second kappa shape index (κ2) is 8.28. The summed E-state index contributed by atoms with van der Waals surface area (Å²) >= 11 is 0. The minimum atomic E-state index is 0.228. The van der Waals surface area contributed by atoms with Crippen molar-refractivity contribution in [3.8, 4) is 11.5 Å². The van der Waals surface area contributed by atoms with Crippen LogP contribution in [0.1, 0.15) is 37.7 Å². The number of hydrogen-bond donors (Lipinski definition) is 2. The zero-order valence-electron chi connectivity index (χ0n) is 15.9. The van der Waals surface area contributed by atoms with Crippen molar-refractivity contribution in [1.29, 1.82) is 0 Å². The summed E-state index contributed by atoms with van der Waals surface area (Å²) in [5.41, 5.74) is 3.49. The molecule has 2 aromatic rings. The lowest BCUT2D eigenvalue weighted by Crippen LogP contribution is -2.40. The number of rotatable bonds is 5. The molecule has 0 radical (unpaired) electrons. The maximum atomic E-state index is 9.45. The van der Waals surface area contributed by atoms with Gasteiger partial charge < -0.3 is 19.9 Å². The Morgan fingerprint density at radius 3 is 3.15 bits per heavy atom. The van der Waals surface area contributed by atoms with E-state index >= 15 is 0 Å². The minimum absolute atomic E-state index is 0.228. The van der Waals surface area contributed by atoms with E-state index in [-0.39, 0.29) is 12.6 Å². The van der Waals surface area contributed by atoms with Crippen molar-refractivity contribution in [3.63, 3.8) is 0 Å². The number of aliphatic hydroxyl groups is 1. The fourth-order valence-electron chi connectivity index (χ4n) is 4.31. The van der Waals surface area contributed by atoms with Crippen molar-refractivity contribution in [2.45, 2.75) is 38.1 Å². The molecule has 1 saturated heterocycles. The lowest BCUT2D eigenvalue weighted by Gasteiger charge is -2.29. The summed E-state index contributed by atoms with van der Waals surface area (Å²) in [5, 5.41) is 13.9. The standard InChI is InChI=1S/C22H28N2O3/c1-26-18-6-7-20-19(12-18)22-16(3-2-10-27-21(22)13-24-20)5-4-15-8-9-23-17(11-15)14-25/h3,6-7,12-13,15,17,23,25H,2,4-5,8-11,14H2,1H3/t15-,17-/m0/s1. The second-order valence-electron chi connectivity index (χ2n) is 7.51. The number of allylic oxidation sites excluding steroid dienone is 1. The van der Waals surface area contributed by atoms with Crippen molar-refractivity contribution in [2.75, 3.05) is 26.9 Å². The summed E-state index contributed by atoms with van der Waals surface area (Å²) in [6, 6.07) is 6.27. The van der Waals surface area contributed by atoms with Crippen LogP contribution in [-0.4, -0.2) is 43.0 Å². The van der Waals surface area contributed by atoms with Crippen molar-refractivity contribution in [1.82, 2.24) is 10.3 Å².